The minimum absolute atomic E-state index is 0.0422. The molecule has 3 aromatic rings. The van der Waals surface area contributed by atoms with Crippen LogP contribution in [0.1, 0.15) is 96.3 Å². The number of ether oxygens (including phenoxy) is 1. The number of fused-ring (bicyclic) bond motifs is 3. The molecular weight excluding hydrogens is 629 g/mol. The molecule has 264 valence electrons. The zero-order valence-corrected chi connectivity index (χ0v) is 31.7. The van der Waals surface area contributed by atoms with Crippen LogP contribution in [0, 0.1) is 11.8 Å². The first-order valence-electron chi connectivity index (χ1n) is 17.9. The third-order valence-electron chi connectivity index (χ3n) is 10.2. The molecule has 0 saturated heterocycles. The third-order valence-corrected chi connectivity index (χ3v) is 14.7. The number of unbranched alkanes of at least 4 members (excludes halogenated alkanes) is 2. The molecule has 49 heavy (non-hydrogen) atoms. The van der Waals surface area contributed by atoms with Gasteiger partial charge in [0.1, 0.15) is 6.61 Å². The van der Waals surface area contributed by atoms with Gasteiger partial charge in [-0.05, 0) is 70.4 Å². The lowest BCUT2D eigenvalue weighted by Gasteiger charge is -2.36. The SMILES string of the molecule is CCCCC[C@H](CC(=O)[C@@H](NC(=O)OCC1c2ccccc2-c2ccccc21)C(C)C)C(=O)Nc1ccc(CO[Si](C)(C)C(C)(C)C)cc1. The summed E-state index contributed by atoms with van der Waals surface area (Å²) in [5.41, 5.74) is 6.30. The summed E-state index contributed by atoms with van der Waals surface area (Å²) in [5, 5.41) is 6.01. The molecule has 0 spiro atoms. The molecule has 0 fully saturated rings. The molecule has 0 unspecified atom stereocenters. The maximum atomic E-state index is 13.7. The first kappa shape index (κ1) is 38.1. The molecule has 1 aliphatic carbocycles. The normalized spacial score (nSPS) is 14.1. The highest BCUT2D eigenvalue weighted by Gasteiger charge is 2.37. The molecule has 0 aromatic heterocycles. The summed E-state index contributed by atoms with van der Waals surface area (Å²) in [6, 6.07) is 23.3. The Morgan fingerprint density at radius 2 is 1.45 bits per heavy atom. The van der Waals surface area contributed by atoms with Crippen LogP contribution in [0.2, 0.25) is 18.1 Å². The number of rotatable bonds is 16. The summed E-state index contributed by atoms with van der Waals surface area (Å²) in [7, 11) is -1.87. The molecular formula is C41H56N2O5Si. The van der Waals surface area contributed by atoms with E-state index in [1.807, 2.05) is 62.4 Å². The van der Waals surface area contributed by atoms with E-state index in [0.717, 1.165) is 47.1 Å². The highest BCUT2D eigenvalue weighted by molar-refractivity contribution is 6.74. The Bertz CT molecular complexity index is 1530. The first-order chi connectivity index (χ1) is 23.2. The van der Waals surface area contributed by atoms with E-state index in [2.05, 4.69) is 75.7 Å². The number of carbonyl (C=O) groups is 3. The van der Waals surface area contributed by atoms with Crippen molar-refractivity contribution in [3.05, 3.63) is 89.5 Å². The summed E-state index contributed by atoms with van der Waals surface area (Å²) >= 11 is 0. The van der Waals surface area contributed by atoms with Gasteiger partial charge in [0.15, 0.2) is 14.1 Å². The minimum atomic E-state index is -1.87. The van der Waals surface area contributed by atoms with E-state index in [1.54, 1.807) is 0 Å². The van der Waals surface area contributed by atoms with E-state index in [4.69, 9.17) is 9.16 Å². The lowest BCUT2D eigenvalue weighted by Crippen LogP contribution is -2.46. The predicted molar refractivity (Wildman–Crippen MR) is 201 cm³/mol. The van der Waals surface area contributed by atoms with Gasteiger partial charge >= 0.3 is 6.09 Å². The molecule has 0 bridgehead atoms. The van der Waals surface area contributed by atoms with Gasteiger partial charge in [0, 0.05) is 23.9 Å². The number of hydrogen-bond acceptors (Lipinski definition) is 5. The number of ketones is 1. The molecule has 2 amide bonds. The quantitative estimate of drug-likeness (QED) is 0.116. The van der Waals surface area contributed by atoms with Gasteiger partial charge < -0.3 is 19.8 Å². The molecule has 2 N–H and O–H groups in total. The number of benzene rings is 3. The number of alkyl carbamates (subject to hydrolysis) is 1. The topological polar surface area (TPSA) is 93.7 Å². The molecule has 4 rings (SSSR count). The highest BCUT2D eigenvalue weighted by atomic mass is 28.4. The van der Waals surface area contributed by atoms with Gasteiger partial charge in [-0.3, -0.25) is 9.59 Å². The summed E-state index contributed by atoms with van der Waals surface area (Å²) in [6.07, 6.45) is 2.85. The second-order valence-electron chi connectivity index (χ2n) is 15.3. The monoisotopic (exact) mass is 684 g/mol. The Balaban J connectivity index is 1.36. The molecule has 0 heterocycles. The maximum Gasteiger partial charge on any atom is 0.407 e. The van der Waals surface area contributed by atoms with E-state index >= 15 is 0 Å². The summed E-state index contributed by atoms with van der Waals surface area (Å²) in [5.74, 6) is -1.10. The van der Waals surface area contributed by atoms with Gasteiger partial charge in [-0.1, -0.05) is 121 Å². The Morgan fingerprint density at radius 3 is 2.00 bits per heavy atom. The van der Waals surface area contributed by atoms with Gasteiger partial charge in [0.2, 0.25) is 5.91 Å². The van der Waals surface area contributed by atoms with E-state index in [0.29, 0.717) is 18.7 Å². The Kier molecular flexibility index (Phi) is 13.0. The Morgan fingerprint density at radius 1 is 0.857 bits per heavy atom. The molecule has 0 aliphatic heterocycles. The smallest absolute Gasteiger partial charge is 0.407 e. The van der Waals surface area contributed by atoms with Crippen molar-refractivity contribution in [3.8, 4) is 11.1 Å². The van der Waals surface area contributed by atoms with E-state index in [-0.39, 0.29) is 41.6 Å². The molecule has 0 radical (unpaired) electrons. The number of nitrogens with one attached hydrogen (secondary N) is 2. The fourth-order valence-corrected chi connectivity index (χ4v) is 7.09. The molecule has 2 atom stereocenters. The van der Waals surface area contributed by atoms with Gasteiger partial charge in [-0.15, -0.1) is 0 Å². The van der Waals surface area contributed by atoms with Gasteiger partial charge in [-0.25, -0.2) is 4.79 Å². The third kappa shape index (κ3) is 9.91. The van der Waals surface area contributed by atoms with Crippen molar-refractivity contribution >= 4 is 31.8 Å². The van der Waals surface area contributed by atoms with Crippen LogP contribution in [0.3, 0.4) is 0 Å². The summed E-state index contributed by atoms with van der Waals surface area (Å²) in [6.45, 7) is 17.8. The Labute approximate surface area is 294 Å². The van der Waals surface area contributed by atoms with Crippen LogP contribution < -0.4 is 10.6 Å². The van der Waals surface area contributed by atoms with Crippen LogP contribution in [0.15, 0.2) is 72.8 Å². The van der Waals surface area contributed by atoms with Crippen molar-refractivity contribution in [2.24, 2.45) is 11.8 Å². The summed E-state index contributed by atoms with van der Waals surface area (Å²) < 4.78 is 12.1. The summed E-state index contributed by atoms with van der Waals surface area (Å²) in [4.78, 5) is 40.4. The average Bonchev–Trinajstić information content (AvgIpc) is 3.38. The van der Waals surface area contributed by atoms with Gasteiger partial charge in [0.25, 0.3) is 0 Å². The fourth-order valence-electron chi connectivity index (χ4n) is 6.13. The van der Waals surface area contributed by atoms with Crippen LogP contribution in [0.25, 0.3) is 11.1 Å². The lowest BCUT2D eigenvalue weighted by atomic mass is 9.89. The molecule has 7 nitrogen and oxygen atoms in total. The van der Waals surface area contributed by atoms with E-state index < -0.39 is 26.4 Å². The fraction of sp³-hybridized carbons (Fsp3) is 0.488. The Hall–Kier alpha value is -3.75. The zero-order valence-electron chi connectivity index (χ0n) is 30.7. The number of carbonyl (C=O) groups excluding carboxylic acids is 3. The largest absolute Gasteiger partial charge is 0.449 e. The first-order valence-corrected chi connectivity index (χ1v) is 20.8. The van der Waals surface area contributed by atoms with E-state index in [1.165, 1.54) is 0 Å². The number of anilines is 1. The van der Waals surface area contributed by atoms with Crippen molar-refractivity contribution in [2.45, 2.75) is 110 Å². The lowest BCUT2D eigenvalue weighted by molar-refractivity contribution is -0.128. The van der Waals surface area contributed by atoms with Crippen LogP contribution in [-0.2, 0) is 25.4 Å². The van der Waals surface area contributed by atoms with Crippen molar-refractivity contribution in [2.75, 3.05) is 11.9 Å². The van der Waals surface area contributed by atoms with Gasteiger partial charge in [-0.2, -0.15) is 0 Å². The maximum absolute atomic E-state index is 13.7. The average molecular weight is 685 g/mol. The van der Waals surface area contributed by atoms with Crippen molar-refractivity contribution in [1.82, 2.24) is 5.32 Å². The van der Waals surface area contributed by atoms with Crippen LogP contribution in [0.4, 0.5) is 10.5 Å². The van der Waals surface area contributed by atoms with Crippen LogP contribution in [-0.4, -0.2) is 38.7 Å². The number of amides is 2. The highest BCUT2D eigenvalue weighted by Crippen LogP contribution is 2.44. The molecule has 1 aliphatic rings. The van der Waals surface area contributed by atoms with Crippen LogP contribution in [0.5, 0.6) is 0 Å². The number of Topliss-reactive ketones (excluding diaryl/α,β-unsaturated/α-hetero) is 1. The minimum Gasteiger partial charge on any atom is -0.449 e. The second kappa shape index (κ2) is 16.8. The molecule has 8 heteroatoms. The molecule has 3 aromatic carbocycles. The van der Waals surface area contributed by atoms with Crippen molar-refractivity contribution < 1.29 is 23.5 Å². The van der Waals surface area contributed by atoms with Crippen molar-refractivity contribution in [1.29, 1.82) is 0 Å². The second-order valence-corrected chi connectivity index (χ2v) is 20.1. The van der Waals surface area contributed by atoms with Crippen LogP contribution >= 0.6 is 0 Å². The van der Waals surface area contributed by atoms with E-state index in [9.17, 15) is 14.4 Å². The van der Waals surface area contributed by atoms with Gasteiger partial charge in [0.05, 0.1) is 12.6 Å². The zero-order chi connectivity index (χ0) is 35.8. The number of hydrogen-bond donors (Lipinski definition) is 2. The van der Waals surface area contributed by atoms with Crippen molar-refractivity contribution in [3.63, 3.8) is 0 Å². The predicted octanol–water partition coefficient (Wildman–Crippen LogP) is 9.87. The molecule has 0 saturated carbocycles. The standard InChI is InChI=1S/C41H56N2O5Si/c1-9-10-11-16-30(39(45)42-31-23-21-29(22-24-31)26-48-49(7,8)41(4,5)6)25-37(44)38(28(2)3)43-40(46)47-27-36-34-19-14-12-17-32(34)33-18-13-15-20-35(33)36/h12-15,17-24,28,30,36,38H,9-11,16,25-27H2,1-8H3,(H,42,45)(H,43,46)/t30-,38+/m1/s1.